The van der Waals surface area contributed by atoms with Crippen LogP contribution in [0.4, 0.5) is 0 Å². The van der Waals surface area contributed by atoms with Crippen LogP contribution in [0.1, 0.15) is 26.2 Å². The molecule has 1 aliphatic rings. The molecule has 1 fully saturated rings. The van der Waals surface area contributed by atoms with Gasteiger partial charge < -0.3 is 10.0 Å². The molecule has 0 aromatic rings. The van der Waals surface area contributed by atoms with E-state index in [4.69, 9.17) is 0 Å². The first-order valence-electron chi connectivity index (χ1n) is 4.70. The summed E-state index contributed by atoms with van der Waals surface area (Å²) >= 11 is 0. The second kappa shape index (κ2) is 4.06. The lowest BCUT2D eigenvalue weighted by Gasteiger charge is -2.35. The quantitative estimate of drug-likeness (QED) is 0.646. The molecule has 0 saturated carbocycles. The minimum absolute atomic E-state index is 0.412. The van der Waals surface area contributed by atoms with Crippen molar-refractivity contribution in [3.05, 3.63) is 12.7 Å². The van der Waals surface area contributed by atoms with Gasteiger partial charge in [0.15, 0.2) is 0 Å². The highest BCUT2D eigenvalue weighted by Crippen LogP contribution is 2.20. The van der Waals surface area contributed by atoms with E-state index in [1.807, 2.05) is 13.0 Å². The van der Waals surface area contributed by atoms with Gasteiger partial charge in [-0.25, -0.2) is 0 Å². The van der Waals surface area contributed by atoms with E-state index in [-0.39, 0.29) is 0 Å². The standard InChI is InChI=1S/C10H19NO/c1-3-4-7-11-8-5-10(2,12)6-9-11/h3,12H,1,4-9H2,2H3. The maximum Gasteiger partial charge on any atom is 0.0644 e. The maximum atomic E-state index is 9.67. The molecule has 2 nitrogen and oxygen atoms in total. The molecule has 0 amide bonds. The SMILES string of the molecule is C=CCCN1CCC(C)(O)CC1. The van der Waals surface area contributed by atoms with Crippen molar-refractivity contribution in [2.75, 3.05) is 19.6 Å². The summed E-state index contributed by atoms with van der Waals surface area (Å²) in [5.41, 5.74) is -0.412. The van der Waals surface area contributed by atoms with Crippen molar-refractivity contribution in [1.29, 1.82) is 0 Å². The van der Waals surface area contributed by atoms with Gasteiger partial charge in [0.25, 0.3) is 0 Å². The zero-order valence-electron chi connectivity index (χ0n) is 7.92. The fourth-order valence-corrected chi connectivity index (χ4v) is 1.53. The predicted molar refractivity (Wildman–Crippen MR) is 51.1 cm³/mol. The normalized spacial score (nSPS) is 23.8. The fourth-order valence-electron chi connectivity index (χ4n) is 1.53. The van der Waals surface area contributed by atoms with Crippen LogP contribution in [0.2, 0.25) is 0 Å². The van der Waals surface area contributed by atoms with Crippen molar-refractivity contribution >= 4 is 0 Å². The first-order valence-corrected chi connectivity index (χ1v) is 4.70. The number of likely N-dealkylation sites (tertiary alicyclic amines) is 1. The highest BCUT2D eigenvalue weighted by atomic mass is 16.3. The van der Waals surface area contributed by atoms with Crippen molar-refractivity contribution in [3.63, 3.8) is 0 Å². The predicted octanol–water partition coefficient (Wildman–Crippen LogP) is 1.41. The maximum absolute atomic E-state index is 9.67. The second-order valence-corrected chi connectivity index (χ2v) is 3.92. The Labute approximate surface area is 74.9 Å². The van der Waals surface area contributed by atoms with E-state index in [1.165, 1.54) is 0 Å². The fraction of sp³-hybridized carbons (Fsp3) is 0.800. The molecule has 0 unspecified atom stereocenters. The Balaban J connectivity index is 2.22. The molecule has 70 valence electrons. The van der Waals surface area contributed by atoms with Crippen LogP contribution in [0.3, 0.4) is 0 Å². The lowest BCUT2D eigenvalue weighted by atomic mass is 9.94. The summed E-state index contributed by atoms with van der Waals surface area (Å²) in [7, 11) is 0. The van der Waals surface area contributed by atoms with Crippen LogP contribution < -0.4 is 0 Å². The van der Waals surface area contributed by atoms with Gasteiger partial charge in [-0.3, -0.25) is 0 Å². The minimum atomic E-state index is -0.412. The lowest BCUT2D eigenvalue weighted by molar-refractivity contribution is -0.00477. The summed E-state index contributed by atoms with van der Waals surface area (Å²) in [6.45, 7) is 8.78. The largest absolute Gasteiger partial charge is 0.390 e. The average Bonchev–Trinajstić information content (AvgIpc) is 2.03. The molecule has 2 heteroatoms. The molecular weight excluding hydrogens is 150 g/mol. The summed E-state index contributed by atoms with van der Waals surface area (Å²) in [6, 6.07) is 0. The van der Waals surface area contributed by atoms with Gasteiger partial charge in [-0.05, 0) is 26.2 Å². The Hall–Kier alpha value is -0.340. The second-order valence-electron chi connectivity index (χ2n) is 3.92. The Morgan fingerprint density at radius 2 is 2.08 bits per heavy atom. The molecule has 1 heterocycles. The van der Waals surface area contributed by atoms with Crippen molar-refractivity contribution in [1.82, 2.24) is 4.90 Å². The molecule has 1 saturated heterocycles. The van der Waals surface area contributed by atoms with Gasteiger partial charge in [-0.15, -0.1) is 6.58 Å². The molecule has 0 spiro atoms. The van der Waals surface area contributed by atoms with Gasteiger partial charge in [-0.2, -0.15) is 0 Å². The van der Waals surface area contributed by atoms with Gasteiger partial charge in [0.05, 0.1) is 5.60 Å². The van der Waals surface area contributed by atoms with Crippen molar-refractivity contribution in [2.24, 2.45) is 0 Å². The number of nitrogens with zero attached hydrogens (tertiary/aromatic N) is 1. The molecule has 1 N–H and O–H groups in total. The minimum Gasteiger partial charge on any atom is -0.390 e. The smallest absolute Gasteiger partial charge is 0.0644 e. The van der Waals surface area contributed by atoms with Crippen LogP contribution in [0.25, 0.3) is 0 Å². The van der Waals surface area contributed by atoms with Gasteiger partial charge in [-0.1, -0.05) is 6.08 Å². The van der Waals surface area contributed by atoms with Gasteiger partial charge in [0.2, 0.25) is 0 Å². The van der Waals surface area contributed by atoms with Crippen molar-refractivity contribution in [2.45, 2.75) is 31.8 Å². The van der Waals surface area contributed by atoms with E-state index >= 15 is 0 Å². The summed E-state index contributed by atoms with van der Waals surface area (Å²) in [6.07, 6.45) is 4.82. The molecule has 1 aliphatic heterocycles. The van der Waals surface area contributed by atoms with Crippen LogP contribution >= 0.6 is 0 Å². The number of hydrogen-bond acceptors (Lipinski definition) is 2. The molecule has 0 atom stereocenters. The monoisotopic (exact) mass is 169 g/mol. The number of aliphatic hydroxyl groups is 1. The van der Waals surface area contributed by atoms with Gasteiger partial charge in [0.1, 0.15) is 0 Å². The highest BCUT2D eigenvalue weighted by Gasteiger charge is 2.26. The van der Waals surface area contributed by atoms with Crippen LogP contribution in [0, 0.1) is 0 Å². The molecule has 12 heavy (non-hydrogen) atoms. The third-order valence-corrected chi connectivity index (χ3v) is 2.58. The molecule has 0 aliphatic carbocycles. The van der Waals surface area contributed by atoms with Crippen LogP contribution in [0.5, 0.6) is 0 Å². The lowest BCUT2D eigenvalue weighted by Crippen LogP contribution is -2.42. The molecule has 0 aromatic heterocycles. The Kier molecular flexibility index (Phi) is 3.29. The van der Waals surface area contributed by atoms with Crippen molar-refractivity contribution < 1.29 is 5.11 Å². The zero-order chi connectivity index (χ0) is 9.03. The van der Waals surface area contributed by atoms with Crippen LogP contribution in [-0.4, -0.2) is 35.2 Å². The van der Waals surface area contributed by atoms with Crippen LogP contribution in [0.15, 0.2) is 12.7 Å². The topological polar surface area (TPSA) is 23.5 Å². The van der Waals surface area contributed by atoms with E-state index in [2.05, 4.69) is 11.5 Å². The van der Waals surface area contributed by atoms with Crippen molar-refractivity contribution in [3.8, 4) is 0 Å². The molecule has 0 bridgehead atoms. The molecule has 0 aromatic carbocycles. The Morgan fingerprint density at radius 3 is 2.58 bits per heavy atom. The van der Waals surface area contributed by atoms with Crippen LogP contribution in [-0.2, 0) is 0 Å². The molecule has 0 radical (unpaired) electrons. The van der Waals surface area contributed by atoms with E-state index < -0.39 is 5.60 Å². The van der Waals surface area contributed by atoms with E-state index in [9.17, 15) is 5.11 Å². The Morgan fingerprint density at radius 1 is 1.50 bits per heavy atom. The summed E-state index contributed by atoms with van der Waals surface area (Å²) in [5, 5.41) is 9.67. The average molecular weight is 169 g/mol. The number of rotatable bonds is 3. The number of hydrogen-bond donors (Lipinski definition) is 1. The Bertz CT molecular complexity index is 144. The summed E-state index contributed by atoms with van der Waals surface area (Å²) in [4.78, 5) is 2.39. The van der Waals surface area contributed by atoms with E-state index in [1.54, 1.807) is 0 Å². The third-order valence-electron chi connectivity index (χ3n) is 2.58. The van der Waals surface area contributed by atoms with Gasteiger partial charge >= 0.3 is 0 Å². The third kappa shape index (κ3) is 2.95. The number of piperidine rings is 1. The summed E-state index contributed by atoms with van der Waals surface area (Å²) < 4.78 is 0. The first kappa shape index (κ1) is 9.75. The van der Waals surface area contributed by atoms with E-state index in [0.29, 0.717) is 0 Å². The van der Waals surface area contributed by atoms with E-state index in [0.717, 1.165) is 38.9 Å². The molecule has 1 rings (SSSR count). The first-order chi connectivity index (χ1) is 5.64. The molecular formula is C10H19NO. The van der Waals surface area contributed by atoms with Gasteiger partial charge in [0, 0.05) is 19.6 Å². The zero-order valence-corrected chi connectivity index (χ0v) is 7.92. The summed E-state index contributed by atoms with van der Waals surface area (Å²) in [5.74, 6) is 0. The highest BCUT2D eigenvalue weighted by molar-refractivity contribution is 4.82.